The molecule has 1 saturated carbocycles. The molecule has 3 nitrogen and oxygen atoms in total. The number of rotatable bonds is 5. The third-order valence-corrected chi connectivity index (χ3v) is 4.10. The summed E-state index contributed by atoms with van der Waals surface area (Å²) < 4.78 is 5.82. The topological polar surface area (TPSA) is 24.5 Å². The first-order chi connectivity index (χ1) is 9.31. The molecule has 0 unspecified atom stereocenters. The molecule has 104 valence electrons. The SMILES string of the molecule is Clc1ccc(CNC[C@H]2CN(C3CC3)CCO2)cc1. The molecule has 1 atom stereocenters. The minimum Gasteiger partial charge on any atom is -0.374 e. The molecular weight excluding hydrogens is 260 g/mol. The Bertz CT molecular complexity index is 405. The minimum atomic E-state index is 0.335. The molecule has 2 fully saturated rings. The van der Waals surface area contributed by atoms with Crippen LogP contribution in [-0.2, 0) is 11.3 Å². The van der Waals surface area contributed by atoms with Gasteiger partial charge in [0.2, 0.25) is 0 Å². The quantitative estimate of drug-likeness (QED) is 0.896. The summed E-state index contributed by atoms with van der Waals surface area (Å²) in [4.78, 5) is 2.58. The van der Waals surface area contributed by atoms with Crippen molar-refractivity contribution in [3.05, 3.63) is 34.9 Å². The van der Waals surface area contributed by atoms with Crippen LogP contribution in [0, 0.1) is 0 Å². The van der Waals surface area contributed by atoms with E-state index in [0.29, 0.717) is 6.10 Å². The average molecular weight is 281 g/mol. The Morgan fingerprint density at radius 3 is 2.79 bits per heavy atom. The van der Waals surface area contributed by atoms with Gasteiger partial charge in [0, 0.05) is 37.2 Å². The van der Waals surface area contributed by atoms with Gasteiger partial charge in [0.25, 0.3) is 0 Å². The van der Waals surface area contributed by atoms with Crippen molar-refractivity contribution in [1.29, 1.82) is 0 Å². The molecule has 4 heteroatoms. The molecule has 0 radical (unpaired) electrons. The first-order valence-corrected chi connectivity index (χ1v) is 7.50. The monoisotopic (exact) mass is 280 g/mol. The lowest BCUT2D eigenvalue weighted by atomic mass is 10.2. The highest BCUT2D eigenvalue weighted by Crippen LogP contribution is 2.28. The first-order valence-electron chi connectivity index (χ1n) is 7.12. The summed E-state index contributed by atoms with van der Waals surface area (Å²) in [5, 5.41) is 4.27. The number of halogens is 1. The van der Waals surface area contributed by atoms with E-state index < -0.39 is 0 Å². The highest BCUT2D eigenvalue weighted by Gasteiger charge is 2.32. The van der Waals surface area contributed by atoms with Gasteiger partial charge in [-0.1, -0.05) is 23.7 Å². The number of morpholine rings is 1. The lowest BCUT2D eigenvalue weighted by Gasteiger charge is -2.33. The van der Waals surface area contributed by atoms with E-state index in [1.54, 1.807) is 0 Å². The van der Waals surface area contributed by atoms with Crippen molar-refractivity contribution in [2.45, 2.75) is 31.5 Å². The molecule has 0 spiro atoms. The summed E-state index contributed by atoms with van der Waals surface area (Å²) in [6.07, 6.45) is 3.09. The minimum absolute atomic E-state index is 0.335. The maximum atomic E-state index is 5.87. The molecule has 1 aliphatic carbocycles. The van der Waals surface area contributed by atoms with Crippen LogP contribution in [0.15, 0.2) is 24.3 Å². The van der Waals surface area contributed by atoms with E-state index in [-0.39, 0.29) is 0 Å². The molecule has 1 saturated heterocycles. The average Bonchev–Trinajstić information content (AvgIpc) is 3.26. The van der Waals surface area contributed by atoms with Crippen LogP contribution >= 0.6 is 11.6 Å². The predicted octanol–water partition coefficient (Wildman–Crippen LogP) is 2.29. The predicted molar refractivity (Wildman–Crippen MR) is 77.5 cm³/mol. The molecule has 1 N–H and O–H groups in total. The molecule has 2 aliphatic rings. The first kappa shape index (κ1) is 13.4. The van der Waals surface area contributed by atoms with Crippen molar-refractivity contribution in [2.75, 3.05) is 26.2 Å². The van der Waals surface area contributed by atoms with Crippen LogP contribution in [0.4, 0.5) is 0 Å². The van der Waals surface area contributed by atoms with E-state index in [2.05, 4.69) is 22.3 Å². The third kappa shape index (κ3) is 3.93. The summed E-state index contributed by atoms with van der Waals surface area (Å²) in [6.45, 7) is 4.87. The highest BCUT2D eigenvalue weighted by atomic mass is 35.5. The maximum absolute atomic E-state index is 5.87. The lowest BCUT2D eigenvalue weighted by molar-refractivity contribution is -0.0301. The number of hydrogen-bond acceptors (Lipinski definition) is 3. The van der Waals surface area contributed by atoms with E-state index >= 15 is 0 Å². The standard InChI is InChI=1S/C15H21ClN2O/c16-13-3-1-12(2-4-13)9-17-10-15-11-18(7-8-19-15)14-5-6-14/h1-4,14-15,17H,5-11H2/t15-/m0/s1. The third-order valence-electron chi connectivity index (χ3n) is 3.85. The van der Waals surface area contributed by atoms with Gasteiger partial charge >= 0.3 is 0 Å². The van der Waals surface area contributed by atoms with E-state index in [4.69, 9.17) is 16.3 Å². The van der Waals surface area contributed by atoms with Crippen molar-refractivity contribution in [3.8, 4) is 0 Å². The summed E-state index contributed by atoms with van der Waals surface area (Å²) in [5.74, 6) is 0. The van der Waals surface area contributed by atoms with Gasteiger partial charge in [-0.05, 0) is 30.5 Å². The van der Waals surface area contributed by atoms with Crippen molar-refractivity contribution >= 4 is 11.6 Å². The fraction of sp³-hybridized carbons (Fsp3) is 0.600. The van der Waals surface area contributed by atoms with Gasteiger partial charge in [0.1, 0.15) is 0 Å². The van der Waals surface area contributed by atoms with Gasteiger partial charge in [-0.2, -0.15) is 0 Å². The normalized spacial score (nSPS) is 24.6. The second-order valence-corrected chi connectivity index (χ2v) is 5.91. The zero-order valence-corrected chi connectivity index (χ0v) is 11.9. The molecule has 0 bridgehead atoms. The Hall–Kier alpha value is -0.610. The van der Waals surface area contributed by atoms with Gasteiger partial charge in [0.15, 0.2) is 0 Å². The number of ether oxygens (including phenoxy) is 1. The van der Waals surface area contributed by atoms with Crippen LogP contribution in [0.1, 0.15) is 18.4 Å². The molecule has 0 aromatic heterocycles. The Morgan fingerprint density at radius 1 is 1.26 bits per heavy atom. The van der Waals surface area contributed by atoms with Crippen LogP contribution in [0.3, 0.4) is 0 Å². The number of nitrogens with zero attached hydrogens (tertiary/aromatic N) is 1. The zero-order chi connectivity index (χ0) is 13.1. The Morgan fingerprint density at radius 2 is 2.05 bits per heavy atom. The van der Waals surface area contributed by atoms with Gasteiger partial charge in [0.05, 0.1) is 12.7 Å². The van der Waals surface area contributed by atoms with Crippen LogP contribution in [0.2, 0.25) is 5.02 Å². The summed E-state index contributed by atoms with van der Waals surface area (Å²) in [5.41, 5.74) is 1.26. The smallest absolute Gasteiger partial charge is 0.0826 e. The second-order valence-electron chi connectivity index (χ2n) is 5.48. The van der Waals surface area contributed by atoms with Gasteiger partial charge in [-0.15, -0.1) is 0 Å². The van der Waals surface area contributed by atoms with Gasteiger partial charge in [-0.3, -0.25) is 4.90 Å². The highest BCUT2D eigenvalue weighted by molar-refractivity contribution is 6.30. The molecule has 19 heavy (non-hydrogen) atoms. The second kappa shape index (κ2) is 6.23. The lowest BCUT2D eigenvalue weighted by Crippen LogP contribution is -2.47. The van der Waals surface area contributed by atoms with Gasteiger partial charge < -0.3 is 10.1 Å². The maximum Gasteiger partial charge on any atom is 0.0826 e. The fourth-order valence-electron chi connectivity index (χ4n) is 2.62. The van der Waals surface area contributed by atoms with Crippen LogP contribution in [0.25, 0.3) is 0 Å². The Labute approximate surface area is 119 Å². The molecular formula is C15H21ClN2O. The zero-order valence-electron chi connectivity index (χ0n) is 11.1. The van der Waals surface area contributed by atoms with Crippen molar-refractivity contribution < 1.29 is 4.74 Å². The number of hydrogen-bond donors (Lipinski definition) is 1. The summed E-state index contributed by atoms with van der Waals surface area (Å²) in [7, 11) is 0. The molecule has 1 heterocycles. The largest absolute Gasteiger partial charge is 0.374 e. The van der Waals surface area contributed by atoms with E-state index in [1.807, 2.05) is 12.1 Å². The number of benzene rings is 1. The Kier molecular flexibility index (Phi) is 4.38. The van der Waals surface area contributed by atoms with Gasteiger partial charge in [-0.25, -0.2) is 0 Å². The van der Waals surface area contributed by atoms with E-state index in [0.717, 1.165) is 43.9 Å². The van der Waals surface area contributed by atoms with Crippen LogP contribution < -0.4 is 5.32 Å². The number of nitrogens with one attached hydrogen (secondary N) is 1. The summed E-state index contributed by atoms with van der Waals surface area (Å²) in [6, 6.07) is 8.85. The molecule has 1 aromatic rings. The van der Waals surface area contributed by atoms with Crippen LogP contribution in [-0.4, -0.2) is 43.3 Å². The Balaban J connectivity index is 1.40. The van der Waals surface area contributed by atoms with Crippen molar-refractivity contribution in [3.63, 3.8) is 0 Å². The van der Waals surface area contributed by atoms with Crippen LogP contribution in [0.5, 0.6) is 0 Å². The molecule has 1 aromatic carbocycles. The van der Waals surface area contributed by atoms with Crippen molar-refractivity contribution in [1.82, 2.24) is 10.2 Å². The molecule has 1 aliphatic heterocycles. The summed E-state index contributed by atoms with van der Waals surface area (Å²) >= 11 is 5.87. The van der Waals surface area contributed by atoms with Crippen molar-refractivity contribution in [2.24, 2.45) is 0 Å². The van der Waals surface area contributed by atoms with E-state index in [9.17, 15) is 0 Å². The molecule has 3 rings (SSSR count). The van der Waals surface area contributed by atoms with E-state index in [1.165, 1.54) is 18.4 Å². The molecule has 0 amide bonds. The fourth-order valence-corrected chi connectivity index (χ4v) is 2.74.